The number of hydrogen-bond acceptors (Lipinski definition) is 7. The topological polar surface area (TPSA) is 89.6 Å². The molecule has 1 N–H and O–H groups in total. The van der Waals surface area contributed by atoms with Crippen LogP contribution in [0.1, 0.15) is 11.8 Å². The molecule has 1 aromatic carbocycles. The number of thiazole rings is 1. The Hall–Kier alpha value is -2.73. The van der Waals surface area contributed by atoms with Gasteiger partial charge < -0.3 is 9.88 Å². The fourth-order valence-electron chi connectivity index (χ4n) is 4.25. The number of anilines is 1. The van der Waals surface area contributed by atoms with Crippen LogP contribution < -0.4 is 4.31 Å². The fourth-order valence-corrected chi connectivity index (χ4v) is 7.51. The minimum Gasteiger partial charge on any atom is -0.351 e. The van der Waals surface area contributed by atoms with Gasteiger partial charge in [0.05, 0.1) is 16.9 Å². The van der Waals surface area contributed by atoms with Crippen molar-refractivity contribution in [3.8, 4) is 10.7 Å². The standard InChI is InChI=1S/C23H25N5O3S3/c1-16(29)28-10-8-27(9-11-28)15-20-21(6-12-32-20)34(30,31)26(2)19-5-3-4-17-14-18(25-22(17)19)23-24-7-13-33-23/h3-7,12-14,25H,8-11,15H2,1-2H3. The number of amides is 1. The average Bonchev–Trinajstić information content (AvgIpc) is 3.58. The summed E-state index contributed by atoms with van der Waals surface area (Å²) in [6.45, 7) is 4.92. The van der Waals surface area contributed by atoms with Gasteiger partial charge in [-0.3, -0.25) is 14.0 Å². The minimum atomic E-state index is -3.77. The number of piperazine rings is 1. The van der Waals surface area contributed by atoms with Crippen LogP contribution in [-0.2, 0) is 21.4 Å². The van der Waals surface area contributed by atoms with E-state index in [9.17, 15) is 13.2 Å². The quantitative estimate of drug-likeness (QED) is 0.421. The molecule has 3 aromatic heterocycles. The Morgan fingerprint density at radius 2 is 1.94 bits per heavy atom. The summed E-state index contributed by atoms with van der Waals surface area (Å²) in [6, 6.07) is 9.33. The highest BCUT2D eigenvalue weighted by Gasteiger charge is 2.28. The molecule has 0 bridgehead atoms. The van der Waals surface area contributed by atoms with Gasteiger partial charge >= 0.3 is 0 Å². The number of H-pyrrole nitrogens is 1. The Morgan fingerprint density at radius 3 is 2.65 bits per heavy atom. The molecule has 1 aliphatic heterocycles. The predicted octanol–water partition coefficient (Wildman–Crippen LogP) is 3.84. The molecule has 4 aromatic rings. The molecule has 4 heterocycles. The maximum atomic E-state index is 13.7. The molecule has 0 spiro atoms. The number of nitrogens with one attached hydrogen (secondary N) is 1. The first kappa shape index (κ1) is 23.0. The summed E-state index contributed by atoms with van der Waals surface area (Å²) >= 11 is 2.98. The van der Waals surface area contributed by atoms with E-state index in [4.69, 9.17) is 0 Å². The molecule has 0 saturated carbocycles. The van der Waals surface area contributed by atoms with Gasteiger partial charge in [0.2, 0.25) is 5.91 Å². The van der Waals surface area contributed by atoms with Crippen LogP contribution in [0, 0.1) is 0 Å². The van der Waals surface area contributed by atoms with Crippen molar-refractivity contribution in [1.82, 2.24) is 19.8 Å². The van der Waals surface area contributed by atoms with E-state index in [0.29, 0.717) is 30.2 Å². The molecular formula is C23H25N5O3S3. The summed E-state index contributed by atoms with van der Waals surface area (Å²) in [6.07, 6.45) is 1.75. The van der Waals surface area contributed by atoms with E-state index >= 15 is 0 Å². The smallest absolute Gasteiger partial charge is 0.265 e. The summed E-state index contributed by atoms with van der Waals surface area (Å²) in [7, 11) is -2.17. The number of aromatic amines is 1. The van der Waals surface area contributed by atoms with Gasteiger partial charge in [0.25, 0.3) is 10.0 Å². The Kier molecular flexibility index (Phi) is 6.19. The third-order valence-corrected chi connectivity index (χ3v) is 9.86. The van der Waals surface area contributed by atoms with Gasteiger partial charge in [0.1, 0.15) is 9.90 Å². The first-order valence-electron chi connectivity index (χ1n) is 10.9. The number of fused-ring (bicyclic) bond motifs is 1. The number of hydrogen-bond donors (Lipinski definition) is 1. The van der Waals surface area contributed by atoms with Crippen LogP contribution in [0.25, 0.3) is 21.6 Å². The van der Waals surface area contributed by atoms with Gasteiger partial charge in [0, 0.05) is 68.5 Å². The number of sulfonamides is 1. The molecule has 0 unspecified atom stereocenters. The Labute approximate surface area is 206 Å². The summed E-state index contributed by atoms with van der Waals surface area (Å²) in [5.74, 6) is 0.0807. The lowest BCUT2D eigenvalue weighted by atomic mass is 10.2. The first-order chi connectivity index (χ1) is 16.3. The van der Waals surface area contributed by atoms with Crippen molar-refractivity contribution in [3.63, 3.8) is 0 Å². The van der Waals surface area contributed by atoms with Crippen LogP contribution in [0.15, 0.2) is 52.2 Å². The Morgan fingerprint density at radius 1 is 1.15 bits per heavy atom. The number of benzene rings is 1. The highest BCUT2D eigenvalue weighted by Crippen LogP contribution is 2.35. The largest absolute Gasteiger partial charge is 0.351 e. The molecule has 11 heteroatoms. The Bertz CT molecular complexity index is 1420. The van der Waals surface area contributed by atoms with Crippen molar-refractivity contribution >= 4 is 55.2 Å². The summed E-state index contributed by atoms with van der Waals surface area (Å²) < 4.78 is 28.8. The fraction of sp³-hybridized carbons (Fsp3) is 0.304. The number of nitrogens with zero attached hydrogens (tertiary/aromatic N) is 4. The minimum absolute atomic E-state index is 0.0807. The van der Waals surface area contributed by atoms with E-state index in [1.165, 1.54) is 27.0 Å². The summed E-state index contributed by atoms with van der Waals surface area (Å²) in [4.78, 5) is 24.5. The van der Waals surface area contributed by atoms with E-state index in [-0.39, 0.29) is 5.91 Å². The van der Waals surface area contributed by atoms with Crippen molar-refractivity contribution in [1.29, 1.82) is 0 Å². The third-order valence-electron chi connectivity index (χ3n) is 6.16. The molecule has 0 radical (unpaired) electrons. The Balaban J connectivity index is 1.42. The van der Waals surface area contributed by atoms with Crippen LogP contribution >= 0.6 is 22.7 Å². The van der Waals surface area contributed by atoms with Crippen molar-refractivity contribution in [2.45, 2.75) is 18.4 Å². The molecule has 0 aliphatic carbocycles. The molecule has 1 fully saturated rings. The maximum absolute atomic E-state index is 13.7. The molecule has 1 aliphatic rings. The van der Waals surface area contributed by atoms with Gasteiger partial charge in [-0.1, -0.05) is 12.1 Å². The predicted molar refractivity (Wildman–Crippen MR) is 137 cm³/mol. The van der Waals surface area contributed by atoms with E-state index in [2.05, 4.69) is 14.9 Å². The number of thiophene rings is 1. The van der Waals surface area contributed by atoms with Crippen LogP contribution in [0.2, 0.25) is 0 Å². The zero-order valence-corrected chi connectivity index (χ0v) is 21.3. The first-order valence-corrected chi connectivity index (χ1v) is 14.1. The van der Waals surface area contributed by atoms with Crippen LogP contribution in [0.5, 0.6) is 0 Å². The van der Waals surface area contributed by atoms with Crippen molar-refractivity contribution in [3.05, 3.63) is 52.2 Å². The second-order valence-corrected chi connectivity index (χ2v) is 12.1. The lowest BCUT2D eigenvalue weighted by molar-refractivity contribution is -0.130. The molecule has 8 nitrogen and oxygen atoms in total. The van der Waals surface area contributed by atoms with Gasteiger partial charge in [-0.2, -0.15) is 0 Å². The van der Waals surface area contributed by atoms with Gasteiger partial charge in [-0.25, -0.2) is 13.4 Å². The van der Waals surface area contributed by atoms with E-state index < -0.39 is 10.0 Å². The molecule has 178 valence electrons. The molecule has 1 amide bonds. The lowest BCUT2D eigenvalue weighted by Crippen LogP contribution is -2.47. The highest BCUT2D eigenvalue weighted by atomic mass is 32.2. The van der Waals surface area contributed by atoms with Crippen molar-refractivity contribution in [2.75, 3.05) is 37.5 Å². The maximum Gasteiger partial charge on any atom is 0.265 e. The third kappa shape index (κ3) is 4.24. The molecule has 0 atom stereocenters. The number of carbonyl (C=O) groups excluding carboxylic acids is 1. The average molecular weight is 516 g/mol. The monoisotopic (exact) mass is 515 g/mol. The van der Waals surface area contributed by atoms with Crippen molar-refractivity contribution in [2.24, 2.45) is 0 Å². The van der Waals surface area contributed by atoms with Gasteiger partial charge in [-0.15, -0.1) is 22.7 Å². The second kappa shape index (κ2) is 9.14. The zero-order valence-electron chi connectivity index (χ0n) is 18.9. The molecule has 34 heavy (non-hydrogen) atoms. The van der Waals surface area contributed by atoms with E-state index in [1.54, 1.807) is 26.2 Å². The molecule has 5 rings (SSSR count). The van der Waals surface area contributed by atoms with Crippen LogP contribution in [-0.4, -0.2) is 67.3 Å². The SMILES string of the molecule is CC(=O)N1CCN(Cc2sccc2S(=O)(=O)N(C)c2cccc3cc(-c4nccs4)[nH]c23)CC1. The van der Waals surface area contributed by atoms with Crippen LogP contribution in [0.3, 0.4) is 0 Å². The van der Waals surface area contributed by atoms with Gasteiger partial charge in [0.15, 0.2) is 0 Å². The lowest BCUT2D eigenvalue weighted by Gasteiger charge is -2.34. The van der Waals surface area contributed by atoms with E-state index in [1.807, 2.05) is 39.9 Å². The summed E-state index contributed by atoms with van der Waals surface area (Å²) in [5.41, 5.74) is 2.22. The highest BCUT2D eigenvalue weighted by molar-refractivity contribution is 7.93. The van der Waals surface area contributed by atoms with Gasteiger partial charge in [-0.05, 0) is 23.6 Å². The number of carbonyl (C=O) groups is 1. The normalized spacial score (nSPS) is 15.2. The number of aromatic nitrogens is 2. The number of rotatable bonds is 6. The second-order valence-electron chi connectivity index (χ2n) is 8.22. The van der Waals surface area contributed by atoms with Crippen molar-refractivity contribution < 1.29 is 13.2 Å². The van der Waals surface area contributed by atoms with E-state index in [0.717, 1.165) is 39.6 Å². The molecule has 1 saturated heterocycles. The number of para-hydroxylation sites is 1. The molecular weight excluding hydrogens is 490 g/mol. The van der Waals surface area contributed by atoms with Crippen LogP contribution in [0.4, 0.5) is 5.69 Å². The zero-order chi connectivity index (χ0) is 23.9. The summed E-state index contributed by atoms with van der Waals surface area (Å²) in [5, 5.41) is 5.53.